The molecule has 0 spiro atoms. The van der Waals surface area contributed by atoms with Crippen molar-refractivity contribution >= 4 is 43.9 Å². The van der Waals surface area contributed by atoms with Crippen LogP contribution in [0.5, 0.6) is 0 Å². The number of thiazole rings is 1. The third kappa shape index (κ3) is 4.96. The fourth-order valence-corrected chi connectivity index (χ4v) is 5.28. The molecule has 1 fully saturated rings. The van der Waals surface area contributed by atoms with Crippen molar-refractivity contribution in [2.75, 3.05) is 23.8 Å². The van der Waals surface area contributed by atoms with Gasteiger partial charge in [-0.05, 0) is 55.3 Å². The minimum Gasteiger partial charge on any atom is -0.395 e. The number of terminal acetylenes is 1. The summed E-state index contributed by atoms with van der Waals surface area (Å²) in [7, 11) is 0. The summed E-state index contributed by atoms with van der Waals surface area (Å²) in [5, 5.41) is 26.6. The van der Waals surface area contributed by atoms with Gasteiger partial charge in [0, 0.05) is 35.7 Å². The maximum Gasteiger partial charge on any atom is 0.189 e. The first kappa shape index (κ1) is 22.8. The highest BCUT2D eigenvalue weighted by molar-refractivity contribution is 7.22. The predicted molar refractivity (Wildman–Crippen MR) is 140 cm³/mol. The molecule has 2 aromatic heterocycles. The van der Waals surface area contributed by atoms with Crippen LogP contribution in [-0.4, -0.2) is 39.2 Å². The van der Waals surface area contributed by atoms with Crippen molar-refractivity contribution in [1.82, 2.24) is 14.9 Å². The highest BCUT2D eigenvalue weighted by Crippen LogP contribution is 2.36. The largest absolute Gasteiger partial charge is 0.395 e. The Bertz CT molecular complexity index is 1430. The van der Waals surface area contributed by atoms with E-state index >= 15 is 0 Å². The Labute approximate surface area is 208 Å². The Morgan fingerprint density at radius 2 is 2.03 bits per heavy atom. The summed E-state index contributed by atoms with van der Waals surface area (Å²) in [5.74, 6) is 2.63. The van der Waals surface area contributed by atoms with E-state index in [1.54, 1.807) is 0 Å². The summed E-state index contributed by atoms with van der Waals surface area (Å²) < 4.78 is 0.790. The van der Waals surface area contributed by atoms with Crippen molar-refractivity contribution in [2.24, 2.45) is 0 Å². The summed E-state index contributed by atoms with van der Waals surface area (Å²) in [4.78, 5) is 11.3. The third-order valence-corrected chi connectivity index (χ3v) is 7.12. The van der Waals surface area contributed by atoms with Gasteiger partial charge < -0.3 is 15.7 Å². The van der Waals surface area contributed by atoms with E-state index in [-0.39, 0.29) is 12.6 Å². The molecule has 1 aliphatic rings. The smallest absolute Gasteiger partial charge is 0.189 e. The Hall–Kier alpha value is -3.95. The monoisotopic (exact) mass is 480 g/mol. The van der Waals surface area contributed by atoms with Gasteiger partial charge in [0.1, 0.15) is 10.8 Å². The lowest BCUT2D eigenvalue weighted by molar-refractivity contribution is 0.153. The molecule has 0 unspecified atom stereocenters. The maximum atomic E-state index is 9.65. The number of pyridine rings is 1. The Kier molecular flexibility index (Phi) is 6.60. The van der Waals surface area contributed by atoms with Crippen molar-refractivity contribution in [1.29, 1.82) is 5.26 Å². The van der Waals surface area contributed by atoms with E-state index in [1.807, 2.05) is 36.4 Å². The molecule has 0 bridgehead atoms. The molecule has 0 radical (unpaired) electrons. The molecule has 8 heteroatoms. The van der Waals surface area contributed by atoms with E-state index in [2.05, 4.69) is 49.6 Å². The zero-order valence-corrected chi connectivity index (χ0v) is 19.8. The van der Waals surface area contributed by atoms with Gasteiger partial charge in [0.05, 0.1) is 17.9 Å². The van der Waals surface area contributed by atoms with Gasteiger partial charge in [-0.3, -0.25) is 4.90 Å². The lowest BCUT2D eigenvalue weighted by Gasteiger charge is -2.22. The Morgan fingerprint density at radius 3 is 2.80 bits per heavy atom. The molecule has 1 saturated heterocycles. The minimum absolute atomic E-state index is 0.213. The molecule has 1 aliphatic heterocycles. The van der Waals surface area contributed by atoms with Crippen molar-refractivity contribution in [3.8, 4) is 18.4 Å². The van der Waals surface area contributed by atoms with Gasteiger partial charge in [0.15, 0.2) is 10.8 Å². The molecule has 0 amide bonds. The van der Waals surface area contributed by atoms with Crippen LogP contribution >= 0.6 is 11.3 Å². The minimum atomic E-state index is 0.213. The van der Waals surface area contributed by atoms with Crippen LogP contribution in [0, 0.1) is 23.7 Å². The van der Waals surface area contributed by atoms with Crippen LogP contribution in [0.25, 0.3) is 10.3 Å². The molecular weight excluding hydrogens is 456 g/mol. The van der Waals surface area contributed by atoms with Crippen LogP contribution in [0.3, 0.4) is 0 Å². The van der Waals surface area contributed by atoms with Gasteiger partial charge in [-0.15, -0.1) is 6.42 Å². The number of aromatic nitrogens is 2. The predicted octanol–water partition coefficient (Wildman–Crippen LogP) is 4.99. The van der Waals surface area contributed by atoms with Gasteiger partial charge in [-0.1, -0.05) is 35.5 Å². The quantitative estimate of drug-likeness (QED) is 0.321. The standard InChI is InChI=1S/C27H24N6OS/c1-2-18-5-3-6-22(13-18)30-24-20(14-28)15-29-26-25(24)35-27(32-26)31-21-10-8-19(9-11-21)16-33-12-4-7-23(33)17-34/h1,3,5-6,8-11,13,15,23,34H,4,7,12,16-17H2,(H2,29,30,31,32)/t23-/m0/s1. The first-order valence-corrected chi connectivity index (χ1v) is 12.2. The third-order valence-electron chi connectivity index (χ3n) is 6.14. The van der Waals surface area contributed by atoms with Crippen molar-refractivity contribution < 1.29 is 5.11 Å². The van der Waals surface area contributed by atoms with E-state index in [9.17, 15) is 10.4 Å². The Balaban J connectivity index is 1.36. The molecule has 1 atom stereocenters. The number of nitrogens with one attached hydrogen (secondary N) is 2. The fourth-order valence-electron chi connectivity index (χ4n) is 4.33. The normalized spacial score (nSPS) is 15.6. The molecule has 35 heavy (non-hydrogen) atoms. The number of anilines is 4. The molecule has 2 aromatic carbocycles. The number of likely N-dealkylation sites (tertiary alicyclic amines) is 1. The van der Waals surface area contributed by atoms with Crippen LogP contribution in [0.1, 0.15) is 29.5 Å². The number of hydrogen-bond donors (Lipinski definition) is 3. The molecule has 5 rings (SSSR count). The fraction of sp³-hybridized carbons (Fsp3) is 0.222. The molecule has 3 N–H and O–H groups in total. The van der Waals surface area contributed by atoms with E-state index in [0.717, 1.165) is 47.6 Å². The molecular formula is C27H24N6OS. The second kappa shape index (κ2) is 10.1. The molecule has 174 valence electrons. The number of benzene rings is 2. The molecule has 3 heterocycles. The van der Waals surface area contributed by atoms with Crippen molar-refractivity contribution in [2.45, 2.75) is 25.4 Å². The maximum absolute atomic E-state index is 9.65. The zero-order chi connectivity index (χ0) is 24.2. The first-order chi connectivity index (χ1) is 17.2. The van der Waals surface area contributed by atoms with Crippen LogP contribution in [0.15, 0.2) is 54.7 Å². The molecule has 4 aromatic rings. The number of nitriles is 1. The topological polar surface area (TPSA) is 97.1 Å². The van der Waals surface area contributed by atoms with Crippen LogP contribution in [0.2, 0.25) is 0 Å². The van der Waals surface area contributed by atoms with E-state index in [1.165, 1.54) is 23.1 Å². The second-order valence-corrected chi connectivity index (χ2v) is 9.45. The Morgan fingerprint density at radius 1 is 1.17 bits per heavy atom. The average Bonchev–Trinajstić information content (AvgIpc) is 3.52. The molecule has 7 nitrogen and oxygen atoms in total. The highest BCUT2D eigenvalue weighted by Gasteiger charge is 2.23. The zero-order valence-electron chi connectivity index (χ0n) is 19.0. The molecule has 0 saturated carbocycles. The lowest BCUT2D eigenvalue weighted by Crippen LogP contribution is -2.31. The second-order valence-electron chi connectivity index (χ2n) is 8.45. The van der Waals surface area contributed by atoms with Gasteiger partial charge in [-0.25, -0.2) is 4.98 Å². The van der Waals surface area contributed by atoms with Gasteiger partial charge in [0.25, 0.3) is 0 Å². The highest BCUT2D eigenvalue weighted by atomic mass is 32.1. The van der Waals surface area contributed by atoms with Crippen LogP contribution in [-0.2, 0) is 6.54 Å². The summed E-state index contributed by atoms with van der Waals surface area (Å²) in [6, 6.07) is 18.2. The summed E-state index contributed by atoms with van der Waals surface area (Å²) in [6.07, 6.45) is 9.25. The van der Waals surface area contributed by atoms with E-state index < -0.39 is 0 Å². The lowest BCUT2D eigenvalue weighted by atomic mass is 10.1. The number of rotatable bonds is 7. The first-order valence-electron chi connectivity index (χ1n) is 11.4. The number of fused-ring (bicyclic) bond motifs is 1. The SMILES string of the molecule is C#Cc1cccc(Nc2c(C#N)cnc3nc(Nc4ccc(CN5CCC[C@H]5CO)cc4)sc23)c1. The van der Waals surface area contributed by atoms with Gasteiger partial charge in [0.2, 0.25) is 0 Å². The average molecular weight is 481 g/mol. The van der Waals surface area contributed by atoms with Gasteiger partial charge >= 0.3 is 0 Å². The number of aliphatic hydroxyl groups excluding tert-OH is 1. The number of aliphatic hydroxyl groups is 1. The van der Waals surface area contributed by atoms with E-state index in [4.69, 9.17) is 6.42 Å². The van der Waals surface area contributed by atoms with E-state index in [0.29, 0.717) is 22.0 Å². The van der Waals surface area contributed by atoms with Crippen LogP contribution < -0.4 is 10.6 Å². The summed E-state index contributed by atoms with van der Waals surface area (Å²) >= 11 is 1.44. The van der Waals surface area contributed by atoms with Crippen LogP contribution in [0.4, 0.5) is 22.2 Å². The van der Waals surface area contributed by atoms with Gasteiger partial charge in [-0.2, -0.15) is 10.2 Å². The summed E-state index contributed by atoms with van der Waals surface area (Å²) in [5.41, 5.74) is 5.34. The van der Waals surface area contributed by atoms with Crippen molar-refractivity contribution in [3.05, 3.63) is 71.4 Å². The molecule has 0 aliphatic carbocycles. The summed E-state index contributed by atoms with van der Waals surface area (Å²) in [6.45, 7) is 2.08. The number of nitrogens with zero attached hydrogens (tertiary/aromatic N) is 4. The van der Waals surface area contributed by atoms with Crippen molar-refractivity contribution in [3.63, 3.8) is 0 Å². The number of hydrogen-bond acceptors (Lipinski definition) is 8.